The number of allylic oxidation sites excluding steroid dienone is 2. The van der Waals surface area contributed by atoms with E-state index in [-0.39, 0.29) is 11.6 Å². The number of carboxylic acid groups (broad SMARTS) is 1. The zero-order valence-electron chi connectivity index (χ0n) is 46.0. The monoisotopic (exact) mass is 987 g/mol. The van der Waals surface area contributed by atoms with Gasteiger partial charge in [-0.15, -0.1) is 0 Å². The summed E-state index contributed by atoms with van der Waals surface area (Å²) in [4.78, 5) is 51.6. The SMILES string of the molecule is CCCCCCOc1c(C)cc(C(=O)/C=C/c2cc(C)c(OC(C)(C)C(=O)OC(C)(C)CCCCCCCOc3c(C)cc(C(=O)/C=C/c4cc(C)c(OC(C)(C)C(=O)O)c(C)c4)cc3C)c(C)c2)cc1C. The van der Waals surface area contributed by atoms with E-state index in [0.29, 0.717) is 42.3 Å². The summed E-state index contributed by atoms with van der Waals surface area (Å²) in [6, 6.07) is 15.2. The van der Waals surface area contributed by atoms with Crippen LogP contribution in [0.25, 0.3) is 12.2 Å². The molecule has 0 aliphatic heterocycles. The number of esters is 1. The molecule has 1 N–H and O–H groups in total. The molecule has 0 saturated heterocycles. The molecule has 0 atom stereocenters. The summed E-state index contributed by atoms with van der Waals surface area (Å²) in [5, 5.41) is 9.48. The molecule has 4 rings (SSSR count). The fourth-order valence-electron chi connectivity index (χ4n) is 8.74. The lowest BCUT2D eigenvalue weighted by molar-refractivity contribution is -0.173. The Hall–Kier alpha value is -6.16. The number of hydrogen-bond acceptors (Lipinski definition) is 9. The normalized spacial score (nSPS) is 12.1. The molecule has 390 valence electrons. The average molecular weight is 987 g/mol. The molecule has 10 nitrogen and oxygen atoms in total. The van der Waals surface area contributed by atoms with Crippen molar-refractivity contribution >= 4 is 35.7 Å². The van der Waals surface area contributed by atoms with Gasteiger partial charge >= 0.3 is 11.9 Å². The van der Waals surface area contributed by atoms with E-state index < -0.39 is 28.7 Å². The Morgan fingerprint density at radius 1 is 0.472 bits per heavy atom. The van der Waals surface area contributed by atoms with Gasteiger partial charge in [-0.1, -0.05) is 57.6 Å². The third kappa shape index (κ3) is 17.0. The lowest BCUT2D eigenvalue weighted by Crippen LogP contribution is -2.44. The standard InChI is InChI=1S/C62H82O10/c1-16-17-18-23-30-68-54-44(6)36-50(37-45(54)7)53(64)28-26-49-34-42(4)57(43(5)35-49)71-62(14,15)59(67)72-60(10,11)29-22-20-19-21-24-31-69-55-46(8)38-51(39-47(55)9)52(63)27-25-48-32-40(2)56(41(3)33-48)70-61(12,13)58(65)66/h25-28,32-39H,16-24,29-31H2,1-15H3,(H,65,66)/b27-25+,28-26+. The number of aryl methyl sites for hydroxylation is 8. The number of aliphatic carboxylic acids is 1. The Morgan fingerprint density at radius 2 is 0.819 bits per heavy atom. The van der Waals surface area contributed by atoms with Gasteiger partial charge in [-0.2, -0.15) is 0 Å². The quantitative estimate of drug-likeness (QED) is 0.0254. The Kier molecular flexibility index (Phi) is 21.1. The molecule has 0 aromatic heterocycles. The van der Waals surface area contributed by atoms with Gasteiger partial charge in [0.15, 0.2) is 22.8 Å². The molecule has 0 aliphatic rings. The largest absolute Gasteiger partial charge is 0.493 e. The highest BCUT2D eigenvalue weighted by atomic mass is 16.6. The summed E-state index contributed by atoms with van der Waals surface area (Å²) in [5.41, 5.74) is 6.57. The van der Waals surface area contributed by atoms with Gasteiger partial charge in [0.1, 0.15) is 28.6 Å². The molecule has 72 heavy (non-hydrogen) atoms. The van der Waals surface area contributed by atoms with E-state index in [1.165, 1.54) is 26.7 Å². The van der Waals surface area contributed by atoms with Gasteiger partial charge in [0, 0.05) is 11.1 Å². The number of rotatable bonds is 28. The van der Waals surface area contributed by atoms with E-state index >= 15 is 0 Å². The van der Waals surface area contributed by atoms with Crippen LogP contribution in [0.2, 0.25) is 0 Å². The topological polar surface area (TPSA) is 135 Å². The van der Waals surface area contributed by atoms with Crippen LogP contribution in [0.4, 0.5) is 0 Å². The van der Waals surface area contributed by atoms with Crippen molar-refractivity contribution in [2.45, 2.75) is 185 Å². The van der Waals surface area contributed by atoms with Gasteiger partial charge < -0.3 is 28.8 Å². The average Bonchev–Trinajstić information content (AvgIpc) is 3.29. The first kappa shape index (κ1) is 58.4. The van der Waals surface area contributed by atoms with Crippen LogP contribution in [0.1, 0.15) is 189 Å². The summed E-state index contributed by atoms with van der Waals surface area (Å²) in [7, 11) is 0. The first-order chi connectivity index (χ1) is 33.7. The summed E-state index contributed by atoms with van der Waals surface area (Å²) < 4.78 is 30.5. The van der Waals surface area contributed by atoms with Crippen LogP contribution in [-0.4, -0.2) is 58.6 Å². The number of carbonyl (C=O) groups excluding carboxylic acids is 3. The van der Waals surface area contributed by atoms with Crippen molar-refractivity contribution in [3.63, 3.8) is 0 Å². The maximum Gasteiger partial charge on any atom is 0.350 e. The third-order valence-electron chi connectivity index (χ3n) is 12.8. The van der Waals surface area contributed by atoms with Crippen LogP contribution in [0, 0.1) is 55.4 Å². The minimum absolute atomic E-state index is 0.0832. The molecule has 0 fully saturated rings. The molecular weight excluding hydrogens is 905 g/mol. The lowest BCUT2D eigenvalue weighted by Gasteiger charge is -2.32. The van der Waals surface area contributed by atoms with E-state index in [4.69, 9.17) is 23.7 Å². The van der Waals surface area contributed by atoms with Crippen LogP contribution in [-0.2, 0) is 14.3 Å². The molecule has 4 aromatic carbocycles. The predicted molar refractivity (Wildman–Crippen MR) is 290 cm³/mol. The van der Waals surface area contributed by atoms with Crippen molar-refractivity contribution in [2.24, 2.45) is 0 Å². The molecular formula is C62H82O10. The number of hydrogen-bond donors (Lipinski definition) is 1. The van der Waals surface area contributed by atoms with Crippen molar-refractivity contribution < 1.29 is 48.0 Å². The van der Waals surface area contributed by atoms with E-state index in [1.807, 2.05) is 124 Å². The second-order valence-electron chi connectivity index (χ2n) is 21.2. The molecule has 4 aromatic rings. The Labute approximate surface area is 430 Å². The van der Waals surface area contributed by atoms with Crippen molar-refractivity contribution in [1.29, 1.82) is 0 Å². The maximum absolute atomic E-state index is 13.6. The Bertz CT molecular complexity index is 2530. The summed E-state index contributed by atoms with van der Waals surface area (Å²) in [5.74, 6) is 1.10. The first-order valence-corrected chi connectivity index (χ1v) is 25.8. The molecule has 0 radical (unpaired) electrons. The smallest absolute Gasteiger partial charge is 0.350 e. The van der Waals surface area contributed by atoms with E-state index in [1.54, 1.807) is 32.1 Å². The summed E-state index contributed by atoms with van der Waals surface area (Å²) >= 11 is 0. The molecule has 0 aliphatic carbocycles. The van der Waals surface area contributed by atoms with Gasteiger partial charge in [0.05, 0.1) is 13.2 Å². The number of benzene rings is 4. The van der Waals surface area contributed by atoms with Crippen molar-refractivity contribution in [2.75, 3.05) is 13.2 Å². The van der Waals surface area contributed by atoms with Gasteiger partial charge in [-0.3, -0.25) is 9.59 Å². The van der Waals surface area contributed by atoms with Crippen molar-refractivity contribution in [1.82, 2.24) is 0 Å². The zero-order chi connectivity index (χ0) is 53.6. The molecule has 0 saturated carbocycles. The molecule has 0 bridgehead atoms. The highest BCUT2D eigenvalue weighted by molar-refractivity contribution is 6.08. The van der Waals surface area contributed by atoms with E-state index in [9.17, 15) is 24.3 Å². The number of carboxylic acids is 1. The van der Waals surface area contributed by atoms with E-state index in [2.05, 4.69) is 6.92 Å². The minimum atomic E-state index is -1.37. The van der Waals surface area contributed by atoms with Crippen molar-refractivity contribution in [3.8, 4) is 23.0 Å². The van der Waals surface area contributed by atoms with Crippen LogP contribution >= 0.6 is 0 Å². The van der Waals surface area contributed by atoms with Crippen LogP contribution in [0.3, 0.4) is 0 Å². The lowest BCUT2D eigenvalue weighted by atomic mass is 9.98. The molecule has 0 heterocycles. The number of carbonyl (C=O) groups is 4. The van der Waals surface area contributed by atoms with E-state index in [0.717, 1.165) is 112 Å². The number of unbranched alkanes of at least 4 members (excludes halogenated alkanes) is 7. The summed E-state index contributed by atoms with van der Waals surface area (Å²) in [6.45, 7) is 29.3. The fraction of sp³-hybridized carbons (Fsp3) is 0.484. The van der Waals surface area contributed by atoms with Crippen molar-refractivity contribution in [3.05, 3.63) is 127 Å². The highest BCUT2D eigenvalue weighted by Gasteiger charge is 2.37. The third-order valence-corrected chi connectivity index (χ3v) is 12.8. The molecule has 0 unspecified atom stereocenters. The molecule has 0 amide bonds. The molecule has 10 heteroatoms. The van der Waals surface area contributed by atoms with Crippen LogP contribution in [0.15, 0.2) is 60.7 Å². The van der Waals surface area contributed by atoms with Gasteiger partial charge in [-0.25, -0.2) is 9.59 Å². The number of ketones is 2. The Morgan fingerprint density at radius 3 is 1.21 bits per heavy atom. The zero-order valence-corrected chi connectivity index (χ0v) is 46.0. The second kappa shape index (κ2) is 26.0. The van der Waals surface area contributed by atoms with Crippen LogP contribution in [0.5, 0.6) is 23.0 Å². The fourth-order valence-corrected chi connectivity index (χ4v) is 8.74. The van der Waals surface area contributed by atoms with Gasteiger partial charge in [-0.05, 0) is 239 Å². The first-order valence-electron chi connectivity index (χ1n) is 25.8. The molecule has 0 spiro atoms. The maximum atomic E-state index is 13.6. The second-order valence-corrected chi connectivity index (χ2v) is 21.2. The highest BCUT2D eigenvalue weighted by Crippen LogP contribution is 2.33. The minimum Gasteiger partial charge on any atom is -0.493 e. The Balaban J connectivity index is 1.20. The van der Waals surface area contributed by atoms with Gasteiger partial charge in [0.2, 0.25) is 0 Å². The van der Waals surface area contributed by atoms with Crippen LogP contribution < -0.4 is 18.9 Å². The summed E-state index contributed by atoms with van der Waals surface area (Å²) in [6.07, 6.45) is 16.8. The predicted octanol–water partition coefficient (Wildman–Crippen LogP) is 15.0. The van der Waals surface area contributed by atoms with Gasteiger partial charge in [0.25, 0.3) is 0 Å². The number of ether oxygens (including phenoxy) is 5.